The van der Waals surface area contributed by atoms with Crippen LogP contribution in [0.1, 0.15) is 60.3 Å². The number of hydrogen-bond donors (Lipinski definition) is 1. The van der Waals surface area contributed by atoms with Crippen LogP contribution in [0.2, 0.25) is 0 Å². The van der Waals surface area contributed by atoms with Gasteiger partial charge in [-0.15, -0.1) is 0 Å². The Morgan fingerprint density at radius 2 is 1.82 bits per heavy atom. The third-order valence-electron chi connectivity index (χ3n) is 5.45. The largest absolute Gasteiger partial charge is 0.444 e. The molecule has 2 aliphatic rings. The first-order valence-electron chi connectivity index (χ1n) is 10.6. The number of nitrogens with one attached hydrogen (secondary N) is 1. The van der Waals surface area contributed by atoms with E-state index >= 15 is 0 Å². The Morgan fingerprint density at radius 3 is 2.43 bits per heavy atom. The van der Waals surface area contributed by atoms with Gasteiger partial charge in [0.2, 0.25) is 5.91 Å². The minimum Gasteiger partial charge on any atom is -0.444 e. The Hall–Kier alpha value is -1.34. The number of nitrogens with zero attached hydrogens (tertiary/aromatic N) is 2. The molecule has 0 spiro atoms. The standard InChI is InChI=1S/C21H39N3O4/c1-20(2,3)28-19(26)24-11-9-17(21(4,5)16-24)22-18(25)8-6-7-10-23-12-14-27-15-13-23/h17H,6-16H2,1-5H3,(H,22,25). The van der Waals surface area contributed by atoms with Gasteiger partial charge in [0, 0.05) is 44.1 Å². The number of carbonyl (C=O) groups excluding carboxylic acids is 2. The monoisotopic (exact) mass is 397 g/mol. The number of ether oxygens (including phenoxy) is 2. The number of amides is 2. The van der Waals surface area contributed by atoms with Crippen LogP contribution in [0.4, 0.5) is 4.79 Å². The van der Waals surface area contributed by atoms with Crippen LogP contribution in [0, 0.1) is 5.41 Å². The Bertz CT molecular complexity index is 524. The maximum absolute atomic E-state index is 12.4. The SMILES string of the molecule is CC(C)(C)OC(=O)N1CCC(NC(=O)CCCCN2CCOCC2)C(C)(C)C1. The van der Waals surface area contributed by atoms with Crippen LogP contribution in [0.5, 0.6) is 0 Å². The summed E-state index contributed by atoms with van der Waals surface area (Å²) in [6, 6.07) is 0.0814. The number of piperidine rings is 1. The van der Waals surface area contributed by atoms with Gasteiger partial charge >= 0.3 is 6.09 Å². The number of unbranched alkanes of at least 4 members (excludes halogenated alkanes) is 1. The number of carbonyl (C=O) groups is 2. The second kappa shape index (κ2) is 9.92. The molecule has 0 bridgehead atoms. The summed E-state index contributed by atoms with van der Waals surface area (Å²) in [5, 5.41) is 3.20. The van der Waals surface area contributed by atoms with Gasteiger partial charge in [0.25, 0.3) is 0 Å². The number of likely N-dealkylation sites (tertiary alicyclic amines) is 1. The normalized spacial score (nSPS) is 23.3. The van der Waals surface area contributed by atoms with E-state index in [1.54, 1.807) is 4.90 Å². The van der Waals surface area contributed by atoms with Crippen molar-refractivity contribution in [1.29, 1.82) is 0 Å². The molecule has 0 radical (unpaired) electrons. The molecule has 0 aliphatic carbocycles. The molecular formula is C21H39N3O4. The van der Waals surface area contributed by atoms with Crippen molar-refractivity contribution in [2.75, 3.05) is 45.9 Å². The van der Waals surface area contributed by atoms with Gasteiger partial charge in [-0.05, 0) is 46.6 Å². The molecule has 2 rings (SSSR count). The van der Waals surface area contributed by atoms with E-state index in [0.717, 1.165) is 52.1 Å². The summed E-state index contributed by atoms with van der Waals surface area (Å²) < 4.78 is 10.8. The third kappa shape index (κ3) is 7.59. The highest BCUT2D eigenvalue weighted by Crippen LogP contribution is 2.30. The van der Waals surface area contributed by atoms with Gasteiger partial charge in [-0.25, -0.2) is 4.79 Å². The molecule has 0 saturated carbocycles. The molecule has 1 N–H and O–H groups in total. The fourth-order valence-electron chi connectivity index (χ4n) is 3.82. The Labute approximate surface area is 170 Å². The first-order valence-corrected chi connectivity index (χ1v) is 10.6. The fourth-order valence-corrected chi connectivity index (χ4v) is 3.82. The van der Waals surface area contributed by atoms with Crippen molar-refractivity contribution in [3.8, 4) is 0 Å². The summed E-state index contributed by atoms with van der Waals surface area (Å²) in [5.74, 6) is 0.116. The lowest BCUT2D eigenvalue weighted by Gasteiger charge is -2.44. The average molecular weight is 398 g/mol. The van der Waals surface area contributed by atoms with Gasteiger partial charge in [-0.2, -0.15) is 0 Å². The van der Waals surface area contributed by atoms with E-state index < -0.39 is 5.60 Å². The molecule has 2 saturated heterocycles. The molecule has 1 atom stereocenters. The molecule has 0 aromatic heterocycles. The first-order chi connectivity index (χ1) is 13.1. The van der Waals surface area contributed by atoms with Crippen molar-refractivity contribution in [3.05, 3.63) is 0 Å². The topological polar surface area (TPSA) is 71.1 Å². The van der Waals surface area contributed by atoms with E-state index in [1.807, 2.05) is 20.8 Å². The zero-order chi connectivity index (χ0) is 20.8. The van der Waals surface area contributed by atoms with Crippen LogP contribution in [-0.2, 0) is 14.3 Å². The van der Waals surface area contributed by atoms with Gasteiger partial charge in [0.1, 0.15) is 5.60 Å². The molecule has 7 heteroatoms. The van der Waals surface area contributed by atoms with Gasteiger partial charge in [0.05, 0.1) is 13.2 Å². The van der Waals surface area contributed by atoms with E-state index in [9.17, 15) is 9.59 Å². The Balaban J connectivity index is 1.70. The average Bonchev–Trinajstić information content (AvgIpc) is 2.59. The van der Waals surface area contributed by atoms with E-state index in [0.29, 0.717) is 19.5 Å². The molecular weight excluding hydrogens is 358 g/mol. The van der Waals surface area contributed by atoms with E-state index in [-0.39, 0.29) is 23.5 Å². The van der Waals surface area contributed by atoms with Gasteiger partial charge in [0.15, 0.2) is 0 Å². The van der Waals surface area contributed by atoms with Crippen LogP contribution >= 0.6 is 0 Å². The number of morpholine rings is 1. The molecule has 2 heterocycles. The first kappa shape index (κ1) is 22.9. The molecule has 7 nitrogen and oxygen atoms in total. The second-order valence-electron chi connectivity index (χ2n) is 9.71. The molecule has 28 heavy (non-hydrogen) atoms. The van der Waals surface area contributed by atoms with Crippen LogP contribution < -0.4 is 5.32 Å². The van der Waals surface area contributed by atoms with Crippen molar-refractivity contribution in [2.24, 2.45) is 5.41 Å². The van der Waals surface area contributed by atoms with Crippen molar-refractivity contribution < 1.29 is 19.1 Å². The molecule has 2 amide bonds. The summed E-state index contributed by atoms with van der Waals surface area (Å²) in [5.41, 5.74) is -0.674. The van der Waals surface area contributed by atoms with Gasteiger partial charge in [-0.1, -0.05) is 13.8 Å². The Kier molecular flexibility index (Phi) is 8.13. The third-order valence-corrected chi connectivity index (χ3v) is 5.45. The predicted octanol–water partition coefficient (Wildman–Crippen LogP) is 2.64. The molecule has 0 aromatic carbocycles. The quantitative estimate of drug-likeness (QED) is 0.698. The van der Waals surface area contributed by atoms with E-state index in [1.165, 1.54) is 0 Å². The van der Waals surface area contributed by atoms with Crippen LogP contribution in [0.15, 0.2) is 0 Å². The van der Waals surface area contributed by atoms with Crippen LogP contribution in [-0.4, -0.2) is 79.4 Å². The lowest BCUT2D eigenvalue weighted by molar-refractivity contribution is -0.123. The van der Waals surface area contributed by atoms with Crippen LogP contribution in [0.3, 0.4) is 0 Å². The predicted molar refractivity (Wildman–Crippen MR) is 109 cm³/mol. The smallest absolute Gasteiger partial charge is 0.410 e. The molecule has 1 unspecified atom stereocenters. The van der Waals surface area contributed by atoms with Gasteiger partial charge < -0.3 is 19.7 Å². The summed E-state index contributed by atoms with van der Waals surface area (Å²) in [6.07, 6.45) is 2.99. The highest BCUT2D eigenvalue weighted by Gasteiger charge is 2.39. The van der Waals surface area contributed by atoms with E-state index in [2.05, 4.69) is 24.1 Å². The summed E-state index contributed by atoms with van der Waals surface area (Å²) in [6.45, 7) is 15.7. The zero-order valence-corrected chi connectivity index (χ0v) is 18.4. The summed E-state index contributed by atoms with van der Waals surface area (Å²) in [4.78, 5) is 28.9. The Morgan fingerprint density at radius 1 is 1.14 bits per heavy atom. The van der Waals surface area contributed by atoms with Crippen molar-refractivity contribution in [3.63, 3.8) is 0 Å². The van der Waals surface area contributed by atoms with Gasteiger partial charge in [-0.3, -0.25) is 9.69 Å². The van der Waals surface area contributed by atoms with Crippen molar-refractivity contribution in [1.82, 2.24) is 15.1 Å². The summed E-state index contributed by atoms with van der Waals surface area (Å²) >= 11 is 0. The van der Waals surface area contributed by atoms with E-state index in [4.69, 9.17) is 9.47 Å². The second-order valence-corrected chi connectivity index (χ2v) is 9.71. The highest BCUT2D eigenvalue weighted by atomic mass is 16.6. The fraction of sp³-hybridized carbons (Fsp3) is 0.905. The zero-order valence-electron chi connectivity index (χ0n) is 18.4. The molecule has 162 valence electrons. The van der Waals surface area contributed by atoms with Crippen LogP contribution in [0.25, 0.3) is 0 Å². The highest BCUT2D eigenvalue weighted by molar-refractivity contribution is 5.76. The minimum absolute atomic E-state index is 0.0814. The lowest BCUT2D eigenvalue weighted by atomic mass is 9.79. The maximum Gasteiger partial charge on any atom is 0.410 e. The maximum atomic E-state index is 12.4. The molecule has 0 aromatic rings. The minimum atomic E-state index is -0.493. The summed E-state index contributed by atoms with van der Waals surface area (Å²) in [7, 11) is 0. The number of hydrogen-bond acceptors (Lipinski definition) is 5. The van der Waals surface area contributed by atoms with Crippen molar-refractivity contribution >= 4 is 12.0 Å². The number of rotatable bonds is 6. The van der Waals surface area contributed by atoms with Crippen molar-refractivity contribution in [2.45, 2.75) is 71.9 Å². The lowest BCUT2D eigenvalue weighted by Crippen LogP contribution is -2.57. The molecule has 2 fully saturated rings. The molecule has 2 aliphatic heterocycles.